The predicted octanol–water partition coefficient (Wildman–Crippen LogP) is 1.86. The van der Waals surface area contributed by atoms with Crippen molar-refractivity contribution in [2.24, 2.45) is 0 Å². The quantitative estimate of drug-likeness (QED) is 0.903. The highest BCUT2D eigenvalue weighted by atomic mass is 19.1. The summed E-state index contributed by atoms with van der Waals surface area (Å²) in [6.07, 6.45) is -0.517. The zero-order chi connectivity index (χ0) is 16.4. The van der Waals surface area contributed by atoms with E-state index < -0.39 is 6.10 Å². The van der Waals surface area contributed by atoms with Crippen molar-refractivity contribution in [3.05, 3.63) is 53.8 Å². The van der Waals surface area contributed by atoms with Crippen molar-refractivity contribution in [3.8, 4) is 11.5 Å². The number of ether oxygens (including phenoxy) is 1. The number of amides is 1. The smallest absolute Gasteiger partial charge is 0.268 e. The number of carbonyl (C=O) groups is 1. The molecular weight excluding hydrogens is 301 g/mol. The van der Waals surface area contributed by atoms with Gasteiger partial charge in [0.05, 0.1) is 12.3 Å². The first-order chi connectivity index (χ1) is 11.1. The van der Waals surface area contributed by atoms with Crippen LogP contribution in [0.3, 0.4) is 0 Å². The van der Waals surface area contributed by atoms with E-state index in [1.165, 1.54) is 29.2 Å². The molecule has 0 aromatic heterocycles. The Labute approximate surface area is 132 Å². The average Bonchev–Trinajstić information content (AvgIpc) is 2.53. The number of nitrogens with zero attached hydrogens (tertiary/aromatic N) is 1. The Morgan fingerprint density at radius 1 is 1.17 bits per heavy atom. The van der Waals surface area contributed by atoms with Gasteiger partial charge in [-0.15, -0.1) is 0 Å². The Morgan fingerprint density at radius 3 is 2.61 bits per heavy atom. The van der Waals surface area contributed by atoms with Crippen LogP contribution in [0.25, 0.3) is 0 Å². The Bertz CT molecular complexity index is 717. The highest BCUT2D eigenvalue weighted by Gasteiger charge is 2.34. The summed E-state index contributed by atoms with van der Waals surface area (Å²) in [5, 5.41) is 18.8. The molecule has 0 radical (unpaired) electrons. The van der Waals surface area contributed by atoms with Crippen molar-refractivity contribution in [1.29, 1.82) is 0 Å². The zero-order valence-corrected chi connectivity index (χ0v) is 12.3. The van der Waals surface area contributed by atoms with Crippen molar-refractivity contribution in [2.75, 3.05) is 18.1 Å². The van der Waals surface area contributed by atoms with E-state index in [1.54, 1.807) is 18.2 Å². The molecule has 1 aliphatic heterocycles. The Hall–Kier alpha value is -2.60. The number of β-amino-alcohol motifs (C(OH)–C–C–N with tert-alkyl or cyclic N) is 1. The van der Waals surface area contributed by atoms with E-state index in [9.17, 15) is 19.4 Å². The van der Waals surface area contributed by atoms with Gasteiger partial charge in [-0.05, 0) is 29.8 Å². The number of hydrogen-bond donors (Lipinski definition) is 2. The van der Waals surface area contributed by atoms with Gasteiger partial charge < -0.3 is 19.8 Å². The number of aliphatic hydroxyl groups is 1. The fraction of sp³-hybridized carbons (Fsp3) is 0.235. The number of aliphatic hydroxyl groups excluding tert-OH is 1. The molecule has 0 saturated heterocycles. The van der Waals surface area contributed by atoms with E-state index in [2.05, 4.69) is 0 Å². The number of rotatable bonds is 4. The van der Waals surface area contributed by atoms with Crippen LogP contribution in [0, 0.1) is 5.82 Å². The first-order valence-corrected chi connectivity index (χ1v) is 7.25. The van der Waals surface area contributed by atoms with Gasteiger partial charge >= 0.3 is 0 Å². The lowest BCUT2D eigenvalue weighted by molar-refractivity contribution is -0.126. The fourth-order valence-electron chi connectivity index (χ4n) is 2.61. The molecular formula is C17H16FNO4. The van der Waals surface area contributed by atoms with E-state index in [0.717, 1.165) is 5.56 Å². The van der Waals surface area contributed by atoms with Gasteiger partial charge in [-0.25, -0.2) is 4.39 Å². The number of phenols is 1. The lowest BCUT2D eigenvalue weighted by atomic mass is 10.0. The first-order valence-electron chi connectivity index (χ1n) is 7.25. The van der Waals surface area contributed by atoms with Crippen molar-refractivity contribution in [1.82, 2.24) is 0 Å². The Kier molecular flexibility index (Phi) is 4.16. The number of phenolic OH excluding ortho intramolecular Hbond substituents is 1. The number of benzene rings is 2. The van der Waals surface area contributed by atoms with Gasteiger partial charge in [0.15, 0.2) is 6.10 Å². The van der Waals surface area contributed by atoms with E-state index in [-0.39, 0.29) is 37.0 Å². The molecule has 1 unspecified atom stereocenters. The standard InChI is InChI=1S/C17H16FNO4/c18-12-3-1-11(2-4-12)9-16-17(22)19(7-8-20)14-6-5-13(21)10-15(14)23-16/h1-6,10,16,20-21H,7-9H2. The van der Waals surface area contributed by atoms with E-state index in [4.69, 9.17) is 4.74 Å². The van der Waals surface area contributed by atoms with Crippen LogP contribution in [0.15, 0.2) is 42.5 Å². The molecule has 1 heterocycles. The van der Waals surface area contributed by atoms with Crippen LogP contribution >= 0.6 is 0 Å². The van der Waals surface area contributed by atoms with Crippen LogP contribution in [-0.4, -0.2) is 35.4 Å². The largest absolute Gasteiger partial charge is 0.508 e. The van der Waals surface area contributed by atoms with Crippen LogP contribution < -0.4 is 9.64 Å². The van der Waals surface area contributed by atoms with Crippen molar-refractivity contribution >= 4 is 11.6 Å². The van der Waals surface area contributed by atoms with Crippen LogP contribution in [0.2, 0.25) is 0 Å². The number of hydrogen-bond acceptors (Lipinski definition) is 4. The van der Waals surface area contributed by atoms with Gasteiger partial charge in [0.2, 0.25) is 0 Å². The van der Waals surface area contributed by atoms with Gasteiger partial charge in [-0.3, -0.25) is 4.79 Å². The molecule has 2 aromatic carbocycles. The SMILES string of the molecule is O=C1C(Cc2ccc(F)cc2)Oc2cc(O)ccc2N1CCO. The molecule has 0 saturated carbocycles. The number of anilines is 1. The Balaban J connectivity index is 1.90. The molecule has 2 N–H and O–H groups in total. The third kappa shape index (κ3) is 3.12. The molecule has 1 aliphatic rings. The monoisotopic (exact) mass is 317 g/mol. The minimum atomic E-state index is -0.790. The number of halogens is 1. The molecule has 120 valence electrons. The van der Waals surface area contributed by atoms with E-state index >= 15 is 0 Å². The van der Waals surface area contributed by atoms with Gasteiger partial charge in [-0.2, -0.15) is 0 Å². The molecule has 0 fully saturated rings. The second-order valence-corrected chi connectivity index (χ2v) is 5.30. The summed E-state index contributed by atoms with van der Waals surface area (Å²) in [5.41, 5.74) is 1.27. The van der Waals surface area contributed by atoms with E-state index in [0.29, 0.717) is 11.4 Å². The molecule has 3 rings (SSSR count). The lowest BCUT2D eigenvalue weighted by Gasteiger charge is -2.34. The third-order valence-electron chi connectivity index (χ3n) is 3.70. The summed E-state index contributed by atoms with van der Waals surface area (Å²) < 4.78 is 18.7. The molecule has 0 bridgehead atoms. The average molecular weight is 317 g/mol. The predicted molar refractivity (Wildman–Crippen MR) is 82.1 cm³/mol. The first kappa shape index (κ1) is 15.3. The maximum Gasteiger partial charge on any atom is 0.268 e. The second-order valence-electron chi connectivity index (χ2n) is 5.30. The van der Waals surface area contributed by atoms with Gasteiger partial charge in [-0.1, -0.05) is 12.1 Å². The zero-order valence-electron chi connectivity index (χ0n) is 12.3. The summed E-state index contributed by atoms with van der Waals surface area (Å²) in [7, 11) is 0. The molecule has 0 spiro atoms. The van der Waals surface area contributed by atoms with E-state index in [1.807, 2.05) is 0 Å². The van der Waals surface area contributed by atoms with Crippen LogP contribution in [-0.2, 0) is 11.2 Å². The highest BCUT2D eigenvalue weighted by molar-refractivity contribution is 6.00. The minimum absolute atomic E-state index is 0.0302. The number of fused-ring (bicyclic) bond motifs is 1. The van der Waals surface area contributed by atoms with Crippen LogP contribution in [0.5, 0.6) is 11.5 Å². The molecule has 2 aromatic rings. The number of aromatic hydroxyl groups is 1. The minimum Gasteiger partial charge on any atom is -0.508 e. The summed E-state index contributed by atoms with van der Waals surface area (Å²) in [4.78, 5) is 14.0. The maximum atomic E-state index is 13.0. The topological polar surface area (TPSA) is 70.0 Å². The molecule has 0 aliphatic carbocycles. The molecule has 1 amide bonds. The van der Waals surface area contributed by atoms with Crippen LogP contribution in [0.4, 0.5) is 10.1 Å². The lowest BCUT2D eigenvalue weighted by Crippen LogP contribution is -2.48. The van der Waals surface area contributed by atoms with Crippen molar-refractivity contribution in [2.45, 2.75) is 12.5 Å². The Morgan fingerprint density at radius 2 is 1.91 bits per heavy atom. The number of carbonyl (C=O) groups excluding carboxylic acids is 1. The van der Waals surface area contributed by atoms with Crippen molar-refractivity contribution < 1.29 is 24.1 Å². The van der Waals surface area contributed by atoms with Crippen LogP contribution in [0.1, 0.15) is 5.56 Å². The summed E-state index contributed by atoms with van der Waals surface area (Å²) in [6.45, 7) is -0.0464. The highest BCUT2D eigenvalue weighted by Crippen LogP contribution is 2.37. The second kappa shape index (κ2) is 6.26. The molecule has 5 nitrogen and oxygen atoms in total. The summed E-state index contributed by atoms with van der Waals surface area (Å²) in [5.74, 6) is -0.212. The summed E-state index contributed by atoms with van der Waals surface area (Å²) >= 11 is 0. The maximum absolute atomic E-state index is 13.0. The molecule has 1 atom stereocenters. The summed E-state index contributed by atoms with van der Waals surface area (Å²) in [6, 6.07) is 10.3. The van der Waals surface area contributed by atoms with Gasteiger partial charge in [0.1, 0.15) is 17.3 Å². The molecule has 6 heteroatoms. The fourth-order valence-corrected chi connectivity index (χ4v) is 2.61. The molecule has 23 heavy (non-hydrogen) atoms. The van der Waals surface area contributed by atoms with Gasteiger partial charge in [0, 0.05) is 19.0 Å². The van der Waals surface area contributed by atoms with Crippen molar-refractivity contribution in [3.63, 3.8) is 0 Å². The normalized spacial score (nSPS) is 16.9. The van der Waals surface area contributed by atoms with Gasteiger partial charge in [0.25, 0.3) is 5.91 Å². The third-order valence-corrected chi connectivity index (χ3v) is 3.70.